The lowest BCUT2D eigenvalue weighted by molar-refractivity contribution is -0.216. The Morgan fingerprint density at radius 1 is 0.578 bits per heavy atom. The minimum atomic E-state index is -5.39. The normalized spacial score (nSPS) is 22.8. The molecule has 19 heteroatoms. The molecule has 6 unspecified atom stereocenters. The third kappa shape index (κ3) is 30.0. The van der Waals surface area contributed by atoms with Crippen molar-refractivity contribution in [1.82, 2.24) is 0 Å². The van der Waals surface area contributed by atoms with Crippen LogP contribution in [0.1, 0.15) is 149 Å². The van der Waals surface area contributed by atoms with Gasteiger partial charge in [-0.25, -0.2) is 9.13 Å². The summed E-state index contributed by atoms with van der Waals surface area (Å²) in [4.78, 5) is 54.2. The van der Waals surface area contributed by atoms with Crippen molar-refractivity contribution < 1.29 is 82.0 Å². The van der Waals surface area contributed by atoms with Crippen molar-refractivity contribution >= 4 is 27.6 Å². The van der Waals surface area contributed by atoms with Crippen LogP contribution in [0.5, 0.6) is 0 Å². The average molecular weight is 953 g/mol. The lowest BCUT2D eigenvalue weighted by atomic mass is 9.85. The number of allylic oxidation sites excluding steroid dienone is 9. The van der Waals surface area contributed by atoms with E-state index < -0.39 is 89.6 Å². The summed E-state index contributed by atoms with van der Waals surface area (Å²) in [7, 11) is -10.8. The SMILES string of the molecule is CCC/C=C\C/C=C\CCCCCCCC(=O)OC[C@H](COP(=O)(O)O[C@H]1C(O)C(O)C(O)[C@@H](OP(=O)(O)O)C1O)OC(=O)CCCC(O)/C=C/C=C/C/C=C/CCCCCCCC. The summed E-state index contributed by atoms with van der Waals surface area (Å²) in [5.74, 6) is -1.42. The number of phosphoric ester groups is 2. The van der Waals surface area contributed by atoms with Crippen LogP contribution in [-0.2, 0) is 41.8 Å². The second-order valence-corrected chi connectivity index (χ2v) is 18.6. The summed E-state index contributed by atoms with van der Waals surface area (Å²) >= 11 is 0. The first kappa shape index (κ1) is 59.7. The second kappa shape index (κ2) is 35.8. The number of hydrogen-bond donors (Lipinski definition) is 8. The van der Waals surface area contributed by atoms with Crippen molar-refractivity contribution in [3.63, 3.8) is 0 Å². The Labute approximate surface area is 380 Å². The van der Waals surface area contributed by atoms with Gasteiger partial charge in [-0.3, -0.25) is 23.2 Å². The molecule has 1 rings (SSSR count). The molecule has 1 saturated carbocycles. The molecule has 8 N–H and O–H groups in total. The summed E-state index contributed by atoms with van der Waals surface area (Å²) in [6.07, 6.45) is 22.1. The molecule has 0 aromatic rings. The lowest BCUT2D eigenvalue weighted by Gasteiger charge is -2.43. The fourth-order valence-electron chi connectivity index (χ4n) is 6.54. The number of ether oxygens (including phenoxy) is 2. The van der Waals surface area contributed by atoms with Crippen molar-refractivity contribution in [2.24, 2.45) is 0 Å². The number of carbonyl (C=O) groups is 2. The third-order valence-electron chi connectivity index (χ3n) is 10.1. The van der Waals surface area contributed by atoms with Gasteiger partial charge in [-0.15, -0.1) is 0 Å². The molecule has 17 nitrogen and oxygen atoms in total. The van der Waals surface area contributed by atoms with Crippen molar-refractivity contribution in [3.05, 3.63) is 60.8 Å². The molecular weight excluding hydrogens is 874 g/mol. The smallest absolute Gasteiger partial charge is 0.462 e. The van der Waals surface area contributed by atoms with E-state index in [0.29, 0.717) is 6.42 Å². The molecule has 0 amide bonds. The van der Waals surface area contributed by atoms with E-state index in [0.717, 1.165) is 64.2 Å². The van der Waals surface area contributed by atoms with E-state index in [2.05, 4.69) is 54.8 Å². The fraction of sp³-hybridized carbons (Fsp3) is 0.733. The summed E-state index contributed by atoms with van der Waals surface area (Å²) in [5, 5.41) is 51.5. The predicted molar refractivity (Wildman–Crippen MR) is 242 cm³/mol. The Morgan fingerprint density at radius 3 is 1.73 bits per heavy atom. The van der Waals surface area contributed by atoms with Gasteiger partial charge in [-0.1, -0.05) is 132 Å². The van der Waals surface area contributed by atoms with Crippen LogP contribution in [0.25, 0.3) is 0 Å². The minimum absolute atomic E-state index is 0.0627. The van der Waals surface area contributed by atoms with E-state index in [1.807, 2.05) is 12.2 Å². The average Bonchev–Trinajstić information content (AvgIpc) is 3.24. The van der Waals surface area contributed by atoms with Crippen molar-refractivity contribution in [2.75, 3.05) is 13.2 Å². The maximum absolute atomic E-state index is 13.0. The summed E-state index contributed by atoms with van der Waals surface area (Å²) in [5.41, 5.74) is 0. The van der Waals surface area contributed by atoms with Gasteiger partial charge in [0, 0.05) is 12.8 Å². The number of rotatable bonds is 37. The molecule has 0 saturated heterocycles. The summed E-state index contributed by atoms with van der Waals surface area (Å²) in [6, 6.07) is 0. The van der Waals surface area contributed by atoms with E-state index in [1.165, 1.54) is 38.5 Å². The Morgan fingerprint density at radius 2 is 1.12 bits per heavy atom. The highest BCUT2D eigenvalue weighted by Crippen LogP contribution is 2.49. The number of aliphatic hydroxyl groups is 5. The fourth-order valence-corrected chi connectivity index (χ4v) is 8.08. The van der Waals surface area contributed by atoms with Crippen LogP contribution in [-0.4, -0.2) is 114 Å². The molecule has 0 radical (unpaired) electrons. The quantitative estimate of drug-likeness (QED) is 0.0100. The predicted octanol–water partition coefficient (Wildman–Crippen LogP) is 7.25. The zero-order valence-electron chi connectivity index (χ0n) is 37.8. The van der Waals surface area contributed by atoms with Gasteiger partial charge < -0.3 is 49.7 Å². The molecule has 64 heavy (non-hydrogen) atoms. The van der Waals surface area contributed by atoms with Gasteiger partial charge in [0.1, 0.15) is 43.2 Å². The first-order valence-electron chi connectivity index (χ1n) is 22.9. The van der Waals surface area contributed by atoms with Gasteiger partial charge in [-0.2, -0.15) is 0 Å². The molecule has 0 aromatic carbocycles. The Balaban J connectivity index is 2.71. The molecule has 0 spiro atoms. The third-order valence-corrected chi connectivity index (χ3v) is 11.7. The molecule has 0 aliphatic heterocycles. The highest BCUT2D eigenvalue weighted by atomic mass is 31.2. The highest BCUT2D eigenvalue weighted by Gasteiger charge is 2.54. The monoisotopic (exact) mass is 952 g/mol. The molecule has 1 aliphatic carbocycles. The molecule has 370 valence electrons. The van der Waals surface area contributed by atoms with Gasteiger partial charge in [-0.05, 0) is 64.2 Å². The standard InChI is InChI=1S/C45H78O17P2/c1-3-5-7-9-11-13-15-17-19-21-23-25-27-30-36(46)31-29-33-39(48)60-37(34-58-38(47)32-28-26-24-22-20-18-16-14-12-10-8-6-4-2)35-59-64(56,57)62-45-42(51)40(49)41(50)44(43(45)52)61-63(53,54)55/h8,10,14,16-17,19,23,25,27,30,36-37,40-46,49-52H,3-7,9,11-13,15,18,20-22,24,26,28-29,31-35H2,1-2H3,(H,56,57)(H2,53,54,55)/b10-8-,16-14-,19-17+,25-23+,30-27+/t36?,37-,40?,41?,42?,43?,44-,45+/m1/s1. The molecule has 0 heterocycles. The van der Waals surface area contributed by atoms with E-state index in [-0.39, 0.29) is 25.7 Å². The van der Waals surface area contributed by atoms with Crippen LogP contribution in [0.15, 0.2) is 60.8 Å². The minimum Gasteiger partial charge on any atom is -0.462 e. The van der Waals surface area contributed by atoms with Crippen LogP contribution < -0.4 is 0 Å². The van der Waals surface area contributed by atoms with E-state index in [4.69, 9.17) is 28.3 Å². The zero-order chi connectivity index (χ0) is 47.6. The van der Waals surface area contributed by atoms with Crippen LogP contribution >= 0.6 is 15.6 Å². The Hall–Kier alpha value is -2.34. The van der Waals surface area contributed by atoms with Gasteiger partial charge in [0.2, 0.25) is 0 Å². The van der Waals surface area contributed by atoms with Gasteiger partial charge in [0.15, 0.2) is 6.10 Å². The van der Waals surface area contributed by atoms with Gasteiger partial charge >= 0.3 is 27.6 Å². The van der Waals surface area contributed by atoms with Crippen molar-refractivity contribution in [1.29, 1.82) is 0 Å². The van der Waals surface area contributed by atoms with Crippen LogP contribution in [0, 0.1) is 0 Å². The Kier molecular flexibility index (Phi) is 33.4. The number of carbonyl (C=O) groups excluding carboxylic acids is 2. The largest absolute Gasteiger partial charge is 0.472 e. The van der Waals surface area contributed by atoms with Crippen LogP contribution in [0.2, 0.25) is 0 Å². The topological polar surface area (TPSA) is 276 Å². The number of phosphoric acid groups is 2. The maximum atomic E-state index is 13.0. The number of hydrogen-bond acceptors (Lipinski definition) is 14. The molecular formula is C45H78O17P2. The number of esters is 2. The van der Waals surface area contributed by atoms with Crippen LogP contribution in [0.3, 0.4) is 0 Å². The first-order valence-corrected chi connectivity index (χ1v) is 26.0. The molecule has 9 atom stereocenters. The first-order chi connectivity index (χ1) is 30.5. The van der Waals surface area contributed by atoms with Crippen molar-refractivity contribution in [3.8, 4) is 0 Å². The summed E-state index contributed by atoms with van der Waals surface area (Å²) < 4.78 is 49.1. The number of aliphatic hydroxyl groups excluding tert-OH is 5. The molecule has 1 fully saturated rings. The zero-order valence-corrected chi connectivity index (χ0v) is 39.6. The second-order valence-electron chi connectivity index (χ2n) is 16.0. The summed E-state index contributed by atoms with van der Waals surface area (Å²) in [6.45, 7) is 2.85. The highest BCUT2D eigenvalue weighted by molar-refractivity contribution is 7.47. The lowest BCUT2D eigenvalue weighted by Crippen LogP contribution is -2.64. The van der Waals surface area contributed by atoms with Gasteiger partial charge in [0.05, 0.1) is 12.7 Å². The van der Waals surface area contributed by atoms with E-state index in [1.54, 1.807) is 12.2 Å². The number of unbranched alkanes of at least 4 members (excludes halogenated alkanes) is 12. The molecule has 0 bridgehead atoms. The molecule has 1 aliphatic rings. The van der Waals surface area contributed by atoms with Crippen molar-refractivity contribution in [2.45, 2.75) is 198 Å². The van der Waals surface area contributed by atoms with Gasteiger partial charge in [0.25, 0.3) is 0 Å². The Bertz CT molecular complexity index is 1490. The van der Waals surface area contributed by atoms with E-state index >= 15 is 0 Å². The molecule has 0 aromatic heterocycles. The van der Waals surface area contributed by atoms with Crippen LogP contribution in [0.4, 0.5) is 0 Å². The maximum Gasteiger partial charge on any atom is 0.472 e. The van der Waals surface area contributed by atoms with E-state index in [9.17, 15) is 49.1 Å².